The van der Waals surface area contributed by atoms with Crippen molar-refractivity contribution in [2.24, 2.45) is 0 Å². The van der Waals surface area contributed by atoms with E-state index in [2.05, 4.69) is 39.3 Å². The Morgan fingerprint density at radius 2 is 1.63 bits per heavy atom. The van der Waals surface area contributed by atoms with Crippen molar-refractivity contribution in [3.05, 3.63) is 78.5 Å². The van der Waals surface area contributed by atoms with Crippen LogP contribution in [0.5, 0.6) is 17.2 Å². The molecule has 1 saturated heterocycles. The molecule has 0 atom stereocenters. The van der Waals surface area contributed by atoms with Gasteiger partial charge in [-0.3, -0.25) is 4.98 Å². The topological polar surface area (TPSA) is 73.7 Å². The van der Waals surface area contributed by atoms with Gasteiger partial charge in [-0.05, 0) is 55.6 Å². The summed E-state index contributed by atoms with van der Waals surface area (Å²) in [6, 6.07) is 23.7. The zero-order valence-electron chi connectivity index (χ0n) is 19.9. The number of hydrogen-bond donors (Lipinski definition) is 1. The highest BCUT2D eigenvalue weighted by Gasteiger charge is 2.21. The molecular formula is C28H27N5O2. The van der Waals surface area contributed by atoms with Gasteiger partial charge >= 0.3 is 0 Å². The van der Waals surface area contributed by atoms with Crippen LogP contribution in [0.15, 0.2) is 72.9 Å². The number of pyridine rings is 1. The van der Waals surface area contributed by atoms with E-state index in [9.17, 15) is 5.26 Å². The van der Waals surface area contributed by atoms with Crippen LogP contribution in [0.25, 0.3) is 10.9 Å². The fraction of sp³-hybridized carbons (Fsp3) is 0.214. The Labute approximate surface area is 205 Å². The number of hydrogen-bond acceptors (Lipinski definition) is 7. The molecule has 1 aliphatic heterocycles. The normalized spacial score (nSPS) is 13.9. The molecule has 1 aromatic heterocycles. The third-order valence-electron chi connectivity index (χ3n) is 6.24. The summed E-state index contributed by atoms with van der Waals surface area (Å²) in [5, 5.41) is 14.0. The number of methoxy groups -OCH3 is 1. The van der Waals surface area contributed by atoms with E-state index >= 15 is 0 Å². The van der Waals surface area contributed by atoms with E-state index in [-0.39, 0.29) is 0 Å². The van der Waals surface area contributed by atoms with Gasteiger partial charge in [0, 0.05) is 43.4 Å². The van der Waals surface area contributed by atoms with E-state index in [1.54, 1.807) is 13.3 Å². The zero-order valence-corrected chi connectivity index (χ0v) is 19.9. The Balaban J connectivity index is 1.47. The number of rotatable bonds is 6. The lowest BCUT2D eigenvalue weighted by atomic mass is 10.1. The summed E-state index contributed by atoms with van der Waals surface area (Å²) in [6.07, 6.45) is 1.60. The van der Waals surface area contributed by atoms with Gasteiger partial charge in [0.1, 0.15) is 23.1 Å². The fourth-order valence-corrected chi connectivity index (χ4v) is 4.32. The summed E-state index contributed by atoms with van der Waals surface area (Å²) < 4.78 is 11.7. The number of aromatic nitrogens is 1. The maximum absolute atomic E-state index is 9.78. The Bertz CT molecular complexity index is 1360. The second kappa shape index (κ2) is 9.92. The van der Waals surface area contributed by atoms with Crippen LogP contribution in [0.2, 0.25) is 0 Å². The van der Waals surface area contributed by atoms with Crippen molar-refractivity contribution in [1.82, 2.24) is 9.88 Å². The van der Waals surface area contributed by atoms with Gasteiger partial charge in [0.25, 0.3) is 0 Å². The van der Waals surface area contributed by atoms with Crippen LogP contribution in [0.4, 0.5) is 17.1 Å². The Morgan fingerprint density at radius 3 is 2.31 bits per heavy atom. The molecule has 0 spiro atoms. The van der Waals surface area contributed by atoms with Crippen molar-refractivity contribution in [3.8, 4) is 23.3 Å². The quantitative estimate of drug-likeness (QED) is 0.408. The van der Waals surface area contributed by atoms with Gasteiger partial charge in [-0.2, -0.15) is 5.26 Å². The summed E-state index contributed by atoms with van der Waals surface area (Å²) in [5.74, 6) is 2.25. The largest absolute Gasteiger partial charge is 0.492 e. The molecule has 0 radical (unpaired) electrons. The average Bonchev–Trinajstić information content (AvgIpc) is 2.90. The van der Waals surface area contributed by atoms with E-state index in [1.807, 2.05) is 60.7 Å². The van der Waals surface area contributed by atoms with Gasteiger partial charge in [-0.15, -0.1) is 0 Å². The molecule has 7 heteroatoms. The summed E-state index contributed by atoms with van der Waals surface area (Å²) in [6.45, 7) is 3.85. The van der Waals surface area contributed by atoms with Crippen molar-refractivity contribution in [2.75, 3.05) is 50.6 Å². The number of likely N-dealkylation sites (N-methyl/N-ethyl adjacent to an activating group) is 1. The number of ether oxygens (including phenoxy) is 2. The lowest BCUT2D eigenvalue weighted by Crippen LogP contribution is -2.44. The van der Waals surface area contributed by atoms with Gasteiger partial charge in [-0.1, -0.05) is 18.2 Å². The Morgan fingerprint density at radius 1 is 0.914 bits per heavy atom. The van der Waals surface area contributed by atoms with E-state index in [1.165, 1.54) is 0 Å². The van der Waals surface area contributed by atoms with Crippen molar-refractivity contribution >= 4 is 28.0 Å². The van der Waals surface area contributed by atoms with Gasteiger partial charge in [0.2, 0.25) is 0 Å². The standard InChI is InChI=1S/C28H27N5O2/c1-32-14-16-33(17-15-32)25-13-12-24-26(20(18-29)19-30-27(24)28(25)34-2)31-21-8-10-23(11-9-21)35-22-6-4-3-5-7-22/h3-13,19H,14-17H2,1-2H3,(H,30,31). The SMILES string of the molecule is COc1c(N2CCN(C)CC2)ccc2c(Nc3ccc(Oc4ccccc4)cc3)c(C#N)cnc12. The number of nitrogens with zero attached hydrogens (tertiary/aromatic N) is 4. The number of para-hydroxylation sites is 1. The number of benzene rings is 3. The van der Waals surface area contributed by atoms with Gasteiger partial charge in [0.05, 0.1) is 24.0 Å². The van der Waals surface area contributed by atoms with Crippen molar-refractivity contribution < 1.29 is 9.47 Å². The van der Waals surface area contributed by atoms with E-state index in [0.717, 1.165) is 65.7 Å². The van der Waals surface area contributed by atoms with Crippen LogP contribution in [-0.2, 0) is 0 Å². The first-order valence-electron chi connectivity index (χ1n) is 11.6. The Hall–Kier alpha value is -4.28. The number of nitriles is 1. The lowest BCUT2D eigenvalue weighted by molar-refractivity contribution is 0.311. The van der Waals surface area contributed by atoms with Crippen molar-refractivity contribution in [1.29, 1.82) is 5.26 Å². The molecule has 0 saturated carbocycles. The fourth-order valence-electron chi connectivity index (χ4n) is 4.32. The van der Waals surface area contributed by atoms with Crippen LogP contribution in [0.3, 0.4) is 0 Å². The highest BCUT2D eigenvalue weighted by Crippen LogP contribution is 2.40. The highest BCUT2D eigenvalue weighted by molar-refractivity contribution is 6.01. The predicted octanol–water partition coefficient (Wildman–Crippen LogP) is 5.40. The summed E-state index contributed by atoms with van der Waals surface area (Å²) >= 11 is 0. The van der Waals surface area contributed by atoms with Crippen LogP contribution < -0.4 is 19.7 Å². The van der Waals surface area contributed by atoms with Crippen LogP contribution in [0, 0.1) is 11.3 Å². The zero-order chi connectivity index (χ0) is 24.2. The molecule has 7 nitrogen and oxygen atoms in total. The first-order valence-corrected chi connectivity index (χ1v) is 11.6. The van der Waals surface area contributed by atoms with Gasteiger partial charge in [-0.25, -0.2) is 0 Å². The molecule has 1 fully saturated rings. The van der Waals surface area contributed by atoms with Crippen molar-refractivity contribution in [3.63, 3.8) is 0 Å². The minimum absolute atomic E-state index is 0.469. The monoisotopic (exact) mass is 465 g/mol. The second-order valence-electron chi connectivity index (χ2n) is 8.53. The molecule has 4 aromatic rings. The molecule has 2 heterocycles. The summed E-state index contributed by atoms with van der Waals surface area (Å²) in [4.78, 5) is 9.26. The molecule has 176 valence electrons. The van der Waals surface area contributed by atoms with Crippen LogP contribution >= 0.6 is 0 Å². The number of anilines is 3. The molecule has 0 aliphatic carbocycles. The van der Waals surface area contributed by atoms with Gasteiger partial charge < -0.3 is 24.6 Å². The van der Waals surface area contributed by atoms with Crippen molar-refractivity contribution in [2.45, 2.75) is 0 Å². The number of fused-ring (bicyclic) bond motifs is 1. The first kappa shape index (κ1) is 22.5. The van der Waals surface area contributed by atoms with E-state index < -0.39 is 0 Å². The van der Waals surface area contributed by atoms with Crippen LogP contribution in [0.1, 0.15) is 5.56 Å². The lowest BCUT2D eigenvalue weighted by Gasteiger charge is -2.35. The molecule has 3 aromatic carbocycles. The van der Waals surface area contributed by atoms with Crippen LogP contribution in [-0.4, -0.2) is 50.2 Å². The maximum atomic E-state index is 9.78. The predicted molar refractivity (Wildman–Crippen MR) is 139 cm³/mol. The summed E-state index contributed by atoms with van der Waals surface area (Å²) in [5.41, 5.74) is 3.78. The third-order valence-corrected chi connectivity index (χ3v) is 6.24. The molecule has 1 aliphatic rings. The molecule has 35 heavy (non-hydrogen) atoms. The highest BCUT2D eigenvalue weighted by atomic mass is 16.5. The molecule has 0 amide bonds. The smallest absolute Gasteiger partial charge is 0.168 e. The molecule has 0 bridgehead atoms. The number of nitrogens with one attached hydrogen (secondary N) is 1. The number of piperazine rings is 1. The average molecular weight is 466 g/mol. The Kier molecular flexibility index (Phi) is 6.38. The molecule has 0 unspecified atom stereocenters. The van der Waals surface area contributed by atoms with Gasteiger partial charge in [0.15, 0.2) is 5.75 Å². The first-order chi connectivity index (χ1) is 17.2. The molecular weight excluding hydrogens is 438 g/mol. The van der Waals surface area contributed by atoms with E-state index in [4.69, 9.17) is 9.47 Å². The molecule has 1 N–H and O–H groups in total. The third kappa shape index (κ3) is 4.70. The maximum Gasteiger partial charge on any atom is 0.168 e. The summed E-state index contributed by atoms with van der Waals surface area (Å²) in [7, 11) is 3.81. The minimum Gasteiger partial charge on any atom is -0.492 e. The second-order valence-corrected chi connectivity index (χ2v) is 8.53. The van der Waals surface area contributed by atoms with E-state index in [0.29, 0.717) is 11.3 Å². The minimum atomic E-state index is 0.469. The molecule has 5 rings (SSSR count).